The van der Waals surface area contributed by atoms with Crippen LogP contribution in [0.2, 0.25) is 0 Å². The molecule has 0 aliphatic rings. The van der Waals surface area contributed by atoms with Crippen molar-refractivity contribution in [2.75, 3.05) is 5.32 Å². The number of nitrogens with one attached hydrogen (secondary N) is 1. The molecule has 3 rings (SSSR count). The summed E-state index contributed by atoms with van der Waals surface area (Å²) in [4.78, 5) is 0. The number of hydrogen-bond donors (Lipinski definition) is 1. The van der Waals surface area contributed by atoms with Crippen molar-refractivity contribution in [2.24, 2.45) is 0 Å². The van der Waals surface area contributed by atoms with Gasteiger partial charge in [-0.05, 0) is 36.2 Å². The van der Waals surface area contributed by atoms with Crippen molar-refractivity contribution in [3.8, 4) is 11.5 Å². The van der Waals surface area contributed by atoms with Gasteiger partial charge in [-0.25, -0.2) is 0 Å². The van der Waals surface area contributed by atoms with E-state index >= 15 is 0 Å². The van der Waals surface area contributed by atoms with Crippen molar-refractivity contribution < 1.29 is 4.42 Å². The Morgan fingerprint density at radius 3 is 2.65 bits per heavy atom. The summed E-state index contributed by atoms with van der Waals surface area (Å²) >= 11 is 0. The second-order valence-electron chi connectivity index (χ2n) is 4.61. The highest BCUT2D eigenvalue weighted by Crippen LogP contribution is 2.23. The number of aromatic nitrogens is 2. The zero-order valence-electron chi connectivity index (χ0n) is 11.2. The highest BCUT2D eigenvalue weighted by atomic mass is 16.4. The van der Waals surface area contributed by atoms with Crippen LogP contribution in [-0.4, -0.2) is 10.2 Å². The largest absolute Gasteiger partial charge is 0.423 e. The molecule has 1 aromatic heterocycles. The Morgan fingerprint density at radius 2 is 1.95 bits per heavy atom. The Bertz CT molecular complexity index is 678. The molecule has 4 nitrogen and oxygen atoms in total. The van der Waals surface area contributed by atoms with Crippen LogP contribution in [0.5, 0.6) is 0 Å². The van der Waals surface area contributed by atoms with Crippen molar-refractivity contribution in [1.29, 1.82) is 0 Å². The molecule has 100 valence electrons. The molecular weight excluding hydrogens is 250 g/mol. The van der Waals surface area contributed by atoms with Gasteiger partial charge >= 0.3 is 0 Å². The minimum Gasteiger partial charge on any atom is -0.423 e. The Balaban J connectivity index is 1.75. The first-order valence-electron chi connectivity index (χ1n) is 6.48. The van der Waals surface area contributed by atoms with Gasteiger partial charge < -0.3 is 9.73 Å². The number of nitrogens with zero attached hydrogens (tertiary/aromatic N) is 2. The molecule has 0 unspecified atom stereocenters. The van der Waals surface area contributed by atoms with Crippen molar-refractivity contribution in [3.63, 3.8) is 0 Å². The van der Waals surface area contributed by atoms with E-state index in [2.05, 4.69) is 34.6 Å². The number of anilines is 1. The van der Waals surface area contributed by atoms with Gasteiger partial charge in [-0.15, -0.1) is 10.2 Å². The lowest BCUT2D eigenvalue weighted by atomic mass is 10.1. The Morgan fingerprint density at radius 1 is 1.10 bits per heavy atom. The molecule has 20 heavy (non-hydrogen) atoms. The summed E-state index contributed by atoms with van der Waals surface area (Å²) in [7, 11) is 0. The van der Waals surface area contributed by atoms with Crippen molar-refractivity contribution in [3.05, 3.63) is 66.1 Å². The van der Waals surface area contributed by atoms with Crippen LogP contribution in [0.15, 0.2) is 59.3 Å². The maximum Gasteiger partial charge on any atom is 0.247 e. The van der Waals surface area contributed by atoms with Crippen LogP contribution in [0.3, 0.4) is 0 Å². The number of rotatable bonds is 4. The molecule has 0 radical (unpaired) electrons. The smallest absolute Gasteiger partial charge is 0.247 e. The lowest BCUT2D eigenvalue weighted by molar-refractivity contribution is 0.568. The van der Waals surface area contributed by atoms with Gasteiger partial charge in [0.05, 0.1) is 0 Å². The van der Waals surface area contributed by atoms with E-state index in [1.165, 1.54) is 12.0 Å². The molecule has 2 aromatic carbocycles. The van der Waals surface area contributed by atoms with Crippen LogP contribution in [0.25, 0.3) is 11.5 Å². The normalized spacial score (nSPS) is 10.4. The van der Waals surface area contributed by atoms with E-state index in [-0.39, 0.29) is 0 Å². The van der Waals surface area contributed by atoms with Crippen LogP contribution in [0.1, 0.15) is 11.1 Å². The third-order valence-electron chi connectivity index (χ3n) is 3.16. The van der Waals surface area contributed by atoms with Crippen LogP contribution in [0.4, 0.5) is 5.69 Å². The maximum atomic E-state index is 5.20. The standard InChI is InChI=1S/C16H15N3O/c1-12-9-14(16-19-18-11-20-16)7-8-15(12)17-10-13-5-3-2-4-6-13/h2-9,11,17H,10H2,1H3. The summed E-state index contributed by atoms with van der Waals surface area (Å²) in [5.74, 6) is 0.544. The van der Waals surface area contributed by atoms with Crippen molar-refractivity contribution in [1.82, 2.24) is 10.2 Å². The van der Waals surface area contributed by atoms with Gasteiger partial charge in [0.2, 0.25) is 12.3 Å². The molecule has 3 aromatic rings. The van der Waals surface area contributed by atoms with E-state index in [9.17, 15) is 0 Å². The van der Waals surface area contributed by atoms with Gasteiger partial charge in [0.15, 0.2) is 0 Å². The predicted octanol–water partition coefficient (Wildman–Crippen LogP) is 3.66. The molecular formula is C16H15N3O. The van der Waals surface area contributed by atoms with E-state index in [0.29, 0.717) is 5.89 Å². The number of aryl methyl sites for hydroxylation is 1. The third kappa shape index (κ3) is 2.69. The molecule has 0 spiro atoms. The SMILES string of the molecule is Cc1cc(-c2nnco2)ccc1NCc1ccccc1. The fourth-order valence-electron chi connectivity index (χ4n) is 2.09. The highest BCUT2D eigenvalue weighted by Gasteiger charge is 2.06. The number of benzene rings is 2. The van der Waals surface area contributed by atoms with Crippen LogP contribution in [-0.2, 0) is 6.54 Å². The lowest BCUT2D eigenvalue weighted by Gasteiger charge is -2.10. The minimum absolute atomic E-state index is 0.544. The highest BCUT2D eigenvalue weighted by molar-refractivity contribution is 5.62. The fourth-order valence-corrected chi connectivity index (χ4v) is 2.09. The molecule has 0 aliphatic carbocycles. The van der Waals surface area contributed by atoms with Gasteiger partial charge in [0.1, 0.15) is 0 Å². The summed E-state index contributed by atoms with van der Waals surface area (Å²) in [5, 5.41) is 11.0. The molecule has 4 heteroatoms. The monoisotopic (exact) mass is 265 g/mol. The van der Waals surface area contributed by atoms with Crippen molar-refractivity contribution >= 4 is 5.69 Å². The first-order chi connectivity index (χ1) is 9.83. The van der Waals surface area contributed by atoms with E-state index in [4.69, 9.17) is 4.42 Å². The summed E-state index contributed by atoms with van der Waals surface area (Å²) in [5.41, 5.74) is 4.45. The molecule has 0 saturated heterocycles. The predicted molar refractivity (Wildman–Crippen MR) is 78.2 cm³/mol. The Labute approximate surface area is 117 Å². The Kier molecular flexibility index (Phi) is 3.46. The lowest BCUT2D eigenvalue weighted by Crippen LogP contribution is -2.00. The summed E-state index contributed by atoms with van der Waals surface area (Å²) < 4.78 is 5.20. The van der Waals surface area contributed by atoms with E-state index in [1.807, 2.05) is 36.4 Å². The molecule has 0 saturated carbocycles. The Hall–Kier alpha value is -2.62. The maximum absolute atomic E-state index is 5.20. The van der Waals surface area contributed by atoms with Crippen LogP contribution in [0, 0.1) is 6.92 Å². The molecule has 0 atom stereocenters. The van der Waals surface area contributed by atoms with Gasteiger partial charge in [0, 0.05) is 17.8 Å². The summed E-state index contributed by atoms with van der Waals surface area (Å²) in [6.07, 6.45) is 1.34. The summed E-state index contributed by atoms with van der Waals surface area (Å²) in [6, 6.07) is 16.4. The second kappa shape index (κ2) is 5.57. The molecule has 0 aliphatic heterocycles. The molecule has 0 amide bonds. The quantitative estimate of drug-likeness (QED) is 0.782. The van der Waals surface area contributed by atoms with Crippen molar-refractivity contribution in [2.45, 2.75) is 13.5 Å². The first-order valence-corrected chi connectivity index (χ1v) is 6.48. The first kappa shape index (κ1) is 12.4. The van der Waals surface area contributed by atoms with Gasteiger partial charge in [-0.1, -0.05) is 30.3 Å². The molecule has 0 bridgehead atoms. The molecule has 1 N–H and O–H groups in total. The minimum atomic E-state index is 0.544. The van der Waals surface area contributed by atoms with E-state index in [0.717, 1.165) is 23.4 Å². The topological polar surface area (TPSA) is 51.0 Å². The average Bonchev–Trinajstić information content (AvgIpc) is 3.01. The molecule has 1 heterocycles. The molecule has 0 fully saturated rings. The fraction of sp³-hybridized carbons (Fsp3) is 0.125. The van der Waals surface area contributed by atoms with Gasteiger partial charge in [-0.3, -0.25) is 0 Å². The zero-order chi connectivity index (χ0) is 13.8. The second-order valence-corrected chi connectivity index (χ2v) is 4.61. The van der Waals surface area contributed by atoms with Gasteiger partial charge in [-0.2, -0.15) is 0 Å². The average molecular weight is 265 g/mol. The van der Waals surface area contributed by atoms with Crippen LogP contribution >= 0.6 is 0 Å². The zero-order valence-corrected chi connectivity index (χ0v) is 11.2. The summed E-state index contributed by atoms with van der Waals surface area (Å²) in [6.45, 7) is 2.87. The number of hydrogen-bond acceptors (Lipinski definition) is 4. The van der Waals surface area contributed by atoms with E-state index in [1.54, 1.807) is 0 Å². The van der Waals surface area contributed by atoms with Crippen LogP contribution < -0.4 is 5.32 Å². The third-order valence-corrected chi connectivity index (χ3v) is 3.16. The van der Waals surface area contributed by atoms with E-state index < -0.39 is 0 Å². The van der Waals surface area contributed by atoms with Gasteiger partial charge in [0.25, 0.3) is 0 Å².